The summed E-state index contributed by atoms with van der Waals surface area (Å²) in [5, 5.41) is 12.0. The normalized spacial score (nSPS) is 16.5. The summed E-state index contributed by atoms with van der Waals surface area (Å²) < 4.78 is 24.2. The fourth-order valence-electron chi connectivity index (χ4n) is 2.43. The van der Waals surface area contributed by atoms with Crippen LogP contribution < -0.4 is 14.8 Å². The number of amides is 1. The minimum absolute atomic E-state index is 0.156. The monoisotopic (exact) mass is 343 g/mol. The second-order valence-electron chi connectivity index (χ2n) is 5.14. The van der Waals surface area contributed by atoms with Gasteiger partial charge in [0.1, 0.15) is 11.4 Å². The molecule has 2 rings (SSSR count). The van der Waals surface area contributed by atoms with Gasteiger partial charge in [0.15, 0.2) is 11.5 Å². The summed E-state index contributed by atoms with van der Waals surface area (Å²) in [6, 6.07) is 2.24. The van der Waals surface area contributed by atoms with Crippen LogP contribution in [0.2, 0.25) is 0 Å². The first-order chi connectivity index (χ1) is 10.9. The molecule has 23 heavy (non-hydrogen) atoms. The molecule has 1 aromatic carbocycles. The number of carboxylic acids is 1. The fourth-order valence-corrected chi connectivity index (χ4v) is 3.61. The second-order valence-corrected chi connectivity index (χ2v) is 6.37. The smallest absolute Gasteiger partial charge is 0.329 e. The molecule has 6 nitrogen and oxygen atoms in total. The molecule has 1 amide bonds. The summed E-state index contributed by atoms with van der Waals surface area (Å²) in [4.78, 5) is 24.0. The number of hydrogen-bond acceptors (Lipinski definition) is 5. The number of carbonyl (C=O) groups excluding carboxylic acids is 1. The number of carbonyl (C=O) groups is 2. The molecule has 1 aliphatic rings. The first kappa shape index (κ1) is 17.4. The van der Waals surface area contributed by atoms with Gasteiger partial charge in [-0.3, -0.25) is 4.79 Å². The molecule has 0 bridgehead atoms. The lowest BCUT2D eigenvalue weighted by Crippen LogP contribution is -2.56. The summed E-state index contributed by atoms with van der Waals surface area (Å²) in [6.45, 7) is 0. The molecule has 2 N–H and O–H groups in total. The lowest BCUT2D eigenvalue weighted by atomic mass is 9.91. The van der Waals surface area contributed by atoms with Crippen molar-refractivity contribution in [1.82, 2.24) is 5.32 Å². The van der Waals surface area contributed by atoms with Crippen LogP contribution in [0.5, 0.6) is 11.5 Å². The van der Waals surface area contributed by atoms with Crippen molar-refractivity contribution in [2.45, 2.75) is 18.4 Å². The van der Waals surface area contributed by atoms with Gasteiger partial charge >= 0.3 is 5.97 Å². The third kappa shape index (κ3) is 3.52. The zero-order chi connectivity index (χ0) is 17.0. The molecular formula is C15H18FNO5S. The van der Waals surface area contributed by atoms with Crippen molar-refractivity contribution in [2.75, 3.05) is 25.7 Å². The van der Waals surface area contributed by atoms with E-state index in [1.807, 2.05) is 0 Å². The van der Waals surface area contributed by atoms with E-state index in [-0.39, 0.29) is 17.1 Å². The second kappa shape index (κ2) is 7.08. The molecule has 1 aliphatic heterocycles. The van der Waals surface area contributed by atoms with E-state index in [4.69, 9.17) is 9.47 Å². The quantitative estimate of drug-likeness (QED) is 0.850. The van der Waals surface area contributed by atoms with Crippen LogP contribution in [0.1, 0.15) is 23.2 Å². The van der Waals surface area contributed by atoms with Gasteiger partial charge < -0.3 is 19.9 Å². The van der Waals surface area contributed by atoms with E-state index in [1.54, 1.807) is 11.8 Å². The topological polar surface area (TPSA) is 84.9 Å². The average Bonchev–Trinajstić information content (AvgIpc) is 2.55. The third-order valence-electron chi connectivity index (χ3n) is 3.83. The van der Waals surface area contributed by atoms with Crippen LogP contribution in [0.25, 0.3) is 0 Å². The summed E-state index contributed by atoms with van der Waals surface area (Å²) >= 11 is 1.63. The molecule has 1 fully saturated rings. The molecule has 0 aromatic heterocycles. The first-order valence-corrected chi connectivity index (χ1v) is 8.14. The molecule has 1 aromatic rings. The highest BCUT2D eigenvalue weighted by Crippen LogP contribution is 2.31. The van der Waals surface area contributed by atoms with Crippen LogP contribution in [0.4, 0.5) is 4.39 Å². The molecule has 0 spiro atoms. The number of hydrogen-bond donors (Lipinski definition) is 2. The van der Waals surface area contributed by atoms with Crippen LogP contribution in [0.3, 0.4) is 0 Å². The number of rotatable bonds is 5. The van der Waals surface area contributed by atoms with E-state index in [1.165, 1.54) is 20.3 Å². The fraction of sp³-hybridized carbons (Fsp3) is 0.467. The number of benzene rings is 1. The number of nitrogens with one attached hydrogen (secondary N) is 1. The Bertz CT molecular complexity index is 616. The van der Waals surface area contributed by atoms with Gasteiger partial charge in [-0.05, 0) is 30.4 Å². The Balaban J connectivity index is 2.31. The number of halogens is 1. The zero-order valence-electron chi connectivity index (χ0n) is 12.8. The van der Waals surface area contributed by atoms with Crippen molar-refractivity contribution in [3.8, 4) is 11.5 Å². The Kier molecular flexibility index (Phi) is 5.35. The van der Waals surface area contributed by atoms with Crippen molar-refractivity contribution < 1.29 is 28.6 Å². The largest absolute Gasteiger partial charge is 0.493 e. The molecule has 0 atom stereocenters. The lowest BCUT2D eigenvalue weighted by molar-refractivity contribution is -0.144. The number of methoxy groups -OCH3 is 2. The van der Waals surface area contributed by atoms with Crippen LogP contribution in [0.15, 0.2) is 12.1 Å². The summed E-state index contributed by atoms with van der Waals surface area (Å²) in [5.41, 5.74) is -1.64. The maximum atomic E-state index is 14.1. The van der Waals surface area contributed by atoms with Crippen molar-refractivity contribution in [1.29, 1.82) is 0 Å². The summed E-state index contributed by atoms with van der Waals surface area (Å²) in [7, 11) is 2.73. The van der Waals surface area contributed by atoms with Gasteiger partial charge in [0.2, 0.25) is 0 Å². The van der Waals surface area contributed by atoms with Gasteiger partial charge in [-0.15, -0.1) is 0 Å². The molecule has 1 saturated heterocycles. The SMILES string of the molecule is COc1cc(F)c(C(=O)NC2(C(=O)O)CCSCC2)cc1OC. The molecule has 8 heteroatoms. The highest BCUT2D eigenvalue weighted by atomic mass is 32.2. The highest BCUT2D eigenvalue weighted by Gasteiger charge is 2.41. The molecule has 1 heterocycles. The number of aliphatic carboxylic acids is 1. The number of ether oxygens (including phenoxy) is 2. The molecule has 0 saturated carbocycles. The maximum Gasteiger partial charge on any atom is 0.329 e. The highest BCUT2D eigenvalue weighted by molar-refractivity contribution is 7.99. The molecule has 0 radical (unpaired) electrons. The molecular weight excluding hydrogens is 325 g/mol. The lowest BCUT2D eigenvalue weighted by Gasteiger charge is -2.33. The minimum Gasteiger partial charge on any atom is -0.493 e. The zero-order valence-corrected chi connectivity index (χ0v) is 13.7. The van der Waals surface area contributed by atoms with Gasteiger partial charge in [0, 0.05) is 6.07 Å². The predicted molar refractivity (Wildman–Crippen MR) is 83.9 cm³/mol. The Morgan fingerprint density at radius 3 is 2.30 bits per heavy atom. The van der Waals surface area contributed by atoms with Gasteiger partial charge in [-0.2, -0.15) is 11.8 Å². The van der Waals surface area contributed by atoms with Crippen LogP contribution in [0, 0.1) is 5.82 Å². The van der Waals surface area contributed by atoms with Crippen molar-refractivity contribution >= 4 is 23.6 Å². The van der Waals surface area contributed by atoms with Crippen molar-refractivity contribution in [2.24, 2.45) is 0 Å². The summed E-state index contributed by atoms with van der Waals surface area (Å²) in [5.74, 6) is -1.08. The van der Waals surface area contributed by atoms with E-state index >= 15 is 0 Å². The van der Waals surface area contributed by atoms with Gasteiger partial charge in [-0.25, -0.2) is 9.18 Å². The average molecular weight is 343 g/mol. The van der Waals surface area contributed by atoms with Crippen molar-refractivity contribution in [3.05, 3.63) is 23.5 Å². The summed E-state index contributed by atoms with van der Waals surface area (Å²) in [6.07, 6.45) is 0.599. The third-order valence-corrected chi connectivity index (χ3v) is 4.81. The Morgan fingerprint density at radius 1 is 1.22 bits per heavy atom. The van der Waals surface area contributed by atoms with Crippen LogP contribution in [-0.2, 0) is 4.79 Å². The Labute approximate surface area is 137 Å². The minimum atomic E-state index is -1.36. The molecule has 0 unspecified atom stereocenters. The molecule has 0 aliphatic carbocycles. The van der Waals surface area contributed by atoms with Crippen molar-refractivity contribution in [3.63, 3.8) is 0 Å². The van der Waals surface area contributed by atoms with Gasteiger partial charge in [0.25, 0.3) is 5.91 Å². The predicted octanol–water partition coefficient (Wildman–Crippen LogP) is 1.92. The van der Waals surface area contributed by atoms with E-state index in [0.717, 1.165) is 6.07 Å². The number of carboxylic acid groups (broad SMARTS) is 1. The Morgan fingerprint density at radius 2 is 1.78 bits per heavy atom. The van der Waals surface area contributed by atoms with Crippen LogP contribution in [-0.4, -0.2) is 48.2 Å². The standard InChI is InChI=1S/C15H18FNO5S/c1-21-11-7-9(10(16)8-12(11)22-2)13(18)17-15(14(19)20)3-5-23-6-4-15/h7-8H,3-6H2,1-2H3,(H,17,18)(H,19,20). The Hall–Kier alpha value is -1.96. The van der Waals surface area contributed by atoms with Gasteiger partial charge in [0.05, 0.1) is 19.8 Å². The van der Waals surface area contributed by atoms with Gasteiger partial charge in [-0.1, -0.05) is 0 Å². The maximum absolute atomic E-state index is 14.1. The van der Waals surface area contributed by atoms with E-state index in [9.17, 15) is 19.1 Å². The van der Waals surface area contributed by atoms with E-state index < -0.39 is 23.2 Å². The van der Waals surface area contributed by atoms with E-state index in [0.29, 0.717) is 24.3 Å². The van der Waals surface area contributed by atoms with Crippen LogP contribution >= 0.6 is 11.8 Å². The molecule has 126 valence electrons. The first-order valence-electron chi connectivity index (χ1n) is 6.98. The number of thioether (sulfide) groups is 1. The van der Waals surface area contributed by atoms with E-state index in [2.05, 4.69) is 5.32 Å².